The highest BCUT2D eigenvalue weighted by Crippen LogP contribution is 2.25. The minimum atomic E-state index is -2.65. The molecule has 0 amide bonds. The topological polar surface area (TPSA) is 27.7 Å². The summed E-state index contributed by atoms with van der Waals surface area (Å²) < 4.78 is 18.0. The van der Waals surface area contributed by atoms with Crippen LogP contribution in [0, 0.1) is 0 Å². The summed E-state index contributed by atoms with van der Waals surface area (Å²) in [6.07, 6.45) is 0.303. The second-order valence-electron chi connectivity index (χ2n) is 4.72. The molecule has 0 saturated heterocycles. The van der Waals surface area contributed by atoms with Crippen LogP contribution in [0.1, 0.15) is 48.5 Å². The van der Waals surface area contributed by atoms with Crippen molar-refractivity contribution in [2.24, 2.45) is 0 Å². The fraction of sp³-hybridized carbons (Fsp3) is 1.00. The maximum Gasteiger partial charge on any atom is 0.515 e. The summed E-state index contributed by atoms with van der Waals surface area (Å²) in [5.74, 6) is 0. The van der Waals surface area contributed by atoms with Crippen molar-refractivity contribution >= 4 is 24.7 Å². The van der Waals surface area contributed by atoms with Crippen LogP contribution in [-0.2, 0) is 13.3 Å². The van der Waals surface area contributed by atoms with Gasteiger partial charge in [0.15, 0.2) is 0 Å². The van der Waals surface area contributed by atoms with E-state index in [2.05, 4.69) is 15.9 Å². The summed E-state index contributed by atoms with van der Waals surface area (Å²) in [4.78, 5) is 0. The van der Waals surface area contributed by atoms with Gasteiger partial charge in [-0.25, -0.2) is 0 Å². The van der Waals surface area contributed by atoms with Crippen LogP contribution in [0.2, 0.25) is 0 Å². The first kappa shape index (κ1) is 16.6. The van der Waals surface area contributed by atoms with Crippen LogP contribution >= 0.6 is 15.9 Å². The minimum absolute atomic E-state index is 0.0900. The van der Waals surface area contributed by atoms with Gasteiger partial charge in [-0.05, 0) is 48.5 Å². The van der Waals surface area contributed by atoms with Gasteiger partial charge in [0, 0.05) is 18.3 Å². The average Bonchev–Trinajstić information content (AvgIpc) is 1.98. The highest BCUT2D eigenvalue weighted by atomic mass is 79.9. The van der Waals surface area contributed by atoms with Crippen LogP contribution in [0.3, 0.4) is 0 Å². The standard InChI is InChI=1S/C11H25BrO3Si/c1-8(2)13-16(11(7)12,14-9(3)4)15-10(5)6/h8-11H,1-7H3. The van der Waals surface area contributed by atoms with Crippen LogP contribution in [0.15, 0.2) is 0 Å². The van der Waals surface area contributed by atoms with E-state index in [9.17, 15) is 0 Å². The molecule has 0 saturated carbocycles. The van der Waals surface area contributed by atoms with Gasteiger partial charge in [0.1, 0.15) is 0 Å². The van der Waals surface area contributed by atoms with Gasteiger partial charge in [-0.1, -0.05) is 15.9 Å². The van der Waals surface area contributed by atoms with E-state index in [1.54, 1.807) is 0 Å². The molecule has 0 aliphatic rings. The Hall–Kier alpha value is 0.577. The van der Waals surface area contributed by atoms with Crippen molar-refractivity contribution in [3.63, 3.8) is 0 Å². The predicted molar refractivity (Wildman–Crippen MR) is 72.8 cm³/mol. The summed E-state index contributed by atoms with van der Waals surface area (Å²) in [5.41, 5.74) is 0. The lowest BCUT2D eigenvalue weighted by Gasteiger charge is -2.36. The molecule has 0 aromatic carbocycles. The average molecular weight is 313 g/mol. The maximum atomic E-state index is 5.97. The molecule has 0 fully saturated rings. The van der Waals surface area contributed by atoms with Crippen molar-refractivity contribution in [1.82, 2.24) is 0 Å². The molecule has 98 valence electrons. The molecule has 0 radical (unpaired) electrons. The molecular formula is C11H25BrO3Si. The Morgan fingerprint density at radius 3 is 1.06 bits per heavy atom. The summed E-state index contributed by atoms with van der Waals surface area (Å²) in [5, 5.41) is 0. The molecular weight excluding hydrogens is 288 g/mol. The molecule has 0 aliphatic heterocycles. The highest BCUT2D eigenvalue weighted by Gasteiger charge is 2.48. The summed E-state index contributed by atoms with van der Waals surface area (Å²) in [7, 11) is -2.65. The number of alkyl halides is 1. The zero-order valence-corrected chi connectivity index (χ0v) is 14.0. The van der Waals surface area contributed by atoms with E-state index < -0.39 is 8.80 Å². The van der Waals surface area contributed by atoms with Crippen LogP contribution in [-0.4, -0.2) is 31.6 Å². The molecule has 0 aromatic rings. The molecule has 1 unspecified atom stereocenters. The first-order valence-electron chi connectivity index (χ1n) is 5.87. The summed E-state index contributed by atoms with van der Waals surface area (Å²) >= 11 is 3.57. The normalized spacial score (nSPS) is 15.2. The van der Waals surface area contributed by atoms with E-state index in [1.807, 2.05) is 48.5 Å². The molecule has 3 nitrogen and oxygen atoms in total. The second-order valence-corrected chi connectivity index (χ2v) is 9.72. The summed E-state index contributed by atoms with van der Waals surface area (Å²) in [6, 6.07) is 0. The molecule has 0 rings (SSSR count). The van der Waals surface area contributed by atoms with Crippen molar-refractivity contribution in [2.45, 2.75) is 71.2 Å². The zero-order chi connectivity index (χ0) is 12.9. The zero-order valence-electron chi connectivity index (χ0n) is 11.4. The molecule has 0 aliphatic carbocycles. The Morgan fingerprint density at radius 2 is 0.938 bits per heavy atom. The van der Waals surface area contributed by atoms with E-state index in [1.165, 1.54) is 0 Å². The lowest BCUT2D eigenvalue weighted by Crippen LogP contribution is -2.56. The third-order valence-corrected chi connectivity index (χ3v) is 6.74. The van der Waals surface area contributed by atoms with Gasteiger partial charge < -0.3 is 13.3 Å². The summed E-state index contributed by atoms with van der Waals surface area (Å²) in [6.45, 7) is 14.1. The van der Waals surface area contributed by atoms with Gasteiger partial charge in [-0.2, -0.15) is 0 Å². The Kier molecular flexibility index (Phi) is 7.37. The van der Waals surface area contributed by atoms with Gasteiger partial charge in [0.05, 0.1) is 4.45 Å². The van der Waals surface area contributed by atoms with Crippen molar-refractivity contribution in [1.29, 1.82) is 0 Å². The molecule has 1 atom stereocenters. The van der Waals surface area contributed by atoms with Crippen molar-refractivity contribution in [3.05, 3.63) is 0 Å². The van der Waals surface area contributed by atoms with Gasteiger partial charge in [0.25, 0.3) is 0 Å². The van der Waals surface area contributed by atoms with E-state index in [4.69, 9.17) is 13.3 Å². The fourth-order valence-electron chi connectivity index (χ4n) is 1.35. The maximum absolute atomic E-state index is 5.97. The Bertz CT molecular complexity index is 169. The number of halogens is 1. The van der Waals surface area contributed by atoms with E-state index >= 15 is 0 Å². The minimum Gasteiger partial charge on any atom is -0.370 e. The van der Waals surface area contributed by atoms with Crippen molar-refractivity contribution in [2.75, 3.05) is 0 Å². The third kappa shape index (κ3) is 5.77. The first-order valence-corrected chi connectivity index (χ1v) is 8.59. The van der Waals surface area contributed by atoms with Gasteiger partial charge >= 0.3 is 8.80 Å². The smallest absolute Gasteiger partial charge is 0.370 e. The van der Waals surface area contributed by atoms with Crippen LogP contribution < -0.4 is 0 Å². The monoisotopic (exact) mass is 312 g/mol. The lowest BCUT2D eigenvalue weighted by atomic mass is 10.5. The van der Waals surface area contributed by atoms with Crippen molar-refractivity contribution < 1.29 is 13.3 Å². The Balaban J connectivity index is 4.88. The second kappa shape index (κ2) is 7.11. The quantitative estimate of drug-likeness (QED) is 0.532. The van der Waals surface area contributed by atoms with Crippen LogP contribution in [0.4, 0.5) is 0 Å². The predicted octanol–water partition coefficient (Wildman–Crippen LogP) is 3.52. The molecule has 0 N–H and O–H groups in total. The van der Waals surface area contributed by atoms with Gasteiger partial charge in [0.2, 0.25) is 0 Å². The highest BCUT2D eigenvalue weighted by molar-refractivity contribution is 9.10. The molecule has 5 heteroatoms. The largest absolute Gasteiger partial charge is 0.515 e. The fourth-order valence-corrected chi connectivity index (χ4v) is 5.02. The molecule has 0 bridgehead atoms. The molecule has 0 aromatic heterocycles. The first-order chi connectivity index (χ1) is 7.19. The molecule has 0 spiro atoms. The number of hydrogen-bond donors (Lipinski definition) is 0. The Morgan fingerprint density at radius 1 is 0.688 bits per heavy atom. The molecule has 16 heavy (non-hydrogen) atoms. The van der Waals surface area contributed by atoms with E-state index in [0.717, 1.165) is 0 Å². The SMILES string of the molecule is CC(C)O[Si](OC(C)C)(OC(C)C)C(C)Br. The van der Waals surface area contributed by atoms with E-state index in [0.29, 0.717) is 0 Å². The third-order valence-electron chi connectivity index (χ3n) is 1.69. The lowest BCUT2D eigenvalue weighted by molar-refractivity contribution is 0.00311. The van der Waals surface area contributed by atoms with Gasteiger partial charge in [-0.15, -0.1) is 0 Å². The number of rotatable bonds is 7. The van der Waals surface area contributed by atoms with E-state index in [-0.39, 0.29) is 22.8 Å². The van der Waals surface area contributed by atoms with Crippen molar-refractivity contribution in [3.8, 4) is 0 Å². The Labute approximate surface area is 109 Å². The van der Waals surface area contributed by atoms with Gasteiger partial charge in [-0.3, -0.25) is 0 Å². The van der Waals surface area contributed by atoms with Crippen LogP contribution in [0.5, 0.6) is 0 Å². The number of hydrogen-bond acceptors (Lipinski definition) is 3. The van der Waals surface area contributed by atoms with Crippen LogP contribution in [0.25, 0.3) is 0 Å². The molecule has 0 heterocycles.